The lowest BCUT2D eigenvalue weighted by molar-refractivity contribution is -0.115. The summed E-state index contributed by atoms with van der Waals surface area (Å²) in [5, 5.41) is 8.07. The van der Waals surface area contributed by atoms with Gasteiger partial charge in [-0.2, -0.15) is 0 Å². The van der Waals surface area contributed by atoms with Crippen LogP contribution < -0.4 is 10.6 Å². The van der Waals surface area contributed by atoms with Crippen molar-refractivity contribution in [2.24, 2.45) is 0 Å². The van der Waals surface area contributed by atoms with Crippen molar-refractivity contribution in [2.45, 2.75) is 30.9 Å². The standard InChI is InChI=1S/C21H19N3O2S2/c1-11-4-5-12(2)15(8-11)17-10-27-21(23-17)24-20(26)14-6-7-18-16(9-14)22-19(25)13(3)28-18/h4-10,13H,1-3H3,(H,22,25)(H,23,24,26). The van der Waals surface area contributed by atoms with Crippen molar-refractivity contribution >= 4 is 45.7 Å². The summed E-state index contributed by atoms with van der Waals surface area (Å²) in [5.74, 6) is -0.296. The molecule has 2 N–H and O–H groups in total. The van der Waals surface area contributed by atoms with Crippen LogP contribution in [0.4, 0.5) is 10.8 Å². The van der Waals surface area contributed by atoms with Gasteiger partial charge >= 0.3 is 0 Å². The maximum absolute atomic E-state index is 12.6. The number of anilines is 2. The predicted molar refractivity (Wildman–Crippen MR) is 115 cm³/mol. The van der Waals surface area contributed by atoms with Crippen LogP contribution in [0.5, 0.6) is 0 Å². The molecule has 1 atom stereocenters. The van der Waals surface area contributed by atoms with Crippen LogP contribution in [0.25, 0.3) is 11.3 Å². The van der Waals surface area contributed by atoms with E-state index in [9.17, 15) is 9.59 Å². The molecular weight excluding hydrogens is 390 g/mol. The third kappa shape index (κ3) is 3.68. The number of benzene rings is 2. The van der Waals surface area contributed by atoms with Crippen molar-refractivity contribution in [3.05, 3.63) is 58.5 Å². The summed E-state index contributed by atoms with van der Waals surface area (Å²) in [5.41, 5.74) is 5.39. The van der Waals surface area contributed by atoms with Crippen LogP contribution in [0, 0.1) is 13.8 Å². The summed E-state index contributed by atoms with van der Waals surface area (Å²) in [7, 11) is 0. The highest BCUT2D eigenvalue weighted by atomic mass is 32.2. The molecule has 1 aliphatic rings. The molecule has 0 fully saturated rings. The Hall–Kier alpha value is -2.64. The zero-order valence-corrected chi connectivity index (χ0v) is 17.3. The molecule has 2 heterocycles. The van der Waals surface area contributed by atoms with E-state index in [1.54, 1.807) is 12.1 Å². The first-order valence-corrected chi connectivity index (χ1v) is 10.6. The van der Waals surface area contributed by atoms with Crippen LogP contribution >= 0.6 is 23.1 Å². The van der Waals surface area contributed by atoms with Gasteiger partial charge in [0.05, 0.1) is 16.6 Å². The number of aromatic nitrogens is 1. The molecule has 2 amide bonds. The fraction of sp³-hybridized carbons (Fsp3) is 0.190. The normalized spacial score (nSPS) is 15.7. The van der Waals surface area contributed by atoms with E-state index in [2.05, 4.69) is 33.8 Å². The van der Waals surface area contributed by atoms with Gasteiger partial charge in [-0.25, -0.2) is 4.98 Å². The Morgan fingerprint density at radius 1 is 1.18 bits per heavy atom. The van der Waals surface area contributed by atoms with Gasteiger partial charge < -0.3 is 5.32 Å². The third-order valence-corrected chi connectivity index (χ3v) is 6.50. The van der Waals surface area contributed by atoms with E-state index in [-0.39, 0.29) is 17.1 Å². The molecule has 0 radical (unpaired) electrons. The van der Waals surface area contributed by atoms with Gasteiger partial charge in [-0.15, -0.1) is 23.1 Å². The number of hydrogen-bond donors (Lipinski definition) is 2. The molecule has 0 saturated carbocycles. The average Bonchev–Trinajstić information content (AvgIpc) is 3.12. The first-order valence-electron chi connectivity index (χ1n) is 8.87. The number of fused-ring (bicyclic) bond motifs is 1. The van der Waals surface area contributed by atoms with Crippen molar-refractivity contribution in [2.75, 3.05) is 10.6 Å². The largest absolute Gasteiger partial charge is 0.324 e. The Labute approximate surface area is 171 Å². The Morgan fingerprint density at radius 2 is 2.00 bits per heavy atom. The van der Waals surface area contributed by atoms with E-state index in [4.69, 9.17) is 0 Å². The maximum Gasteiger partial charge on any atom is 0.257 e. The zero-order chi connectivity index (χ0) is 19.8. The minimum Gasteiger partial charge on any atom is -0.324 e. The van der Waals surface area contributed by atoms with Crippen LogP contribution in [-0.2, 0) is 4.79 Å². The number of amides is 2. The number of thiazole rings is 1. The molecule has 28 heavy (non-hydrogen) atoms. The molecule has 0 bridgehead atoms. The summed E-state index contributed by atoms with van der Waals surface area (Å²) >= 11 is 2.89. The number of carbonyl (C=O) groups excluding carboxylic acids is 2. The Morgan fingerprint density at radius 3 is 2.82 bits per heavy atom. The average molecular weight is 410 g/mol. The minimum atomic E-state index is -0.248. The van der Waals surface area contributed by atoms with Gasteiger partial charge in [0.15, 0.2) is 5.13 Å². The molecule has 142 valence electrons. The lowest BCUT2D eigenvalue weighted by Crippen LogP contribution is -2.26. The fourth-order valence-corrected chi connectivity index (χ4v) is 4.62. The number of nitrogens with one attached hydrogen (secondary N) is 2. The highest BCUT2D eigenvalue weighted by Gasteiger charge is 2.24. The number of aryl methyl sites for hydroxylation is 2. The third-order valence-electron chi connectivity index (χ3n) is 4.57. The molecule has 0 saturated heterocycles. The molecule has 7 heteroatoms. The monoisotopic (exact) mass is 409 g/mol. The SMILES string of the molecule is Cc1ccc(C)c(-c2csc(NC(=O)c3ccc4c(c3)NC(=O)C(C)S4)n2)c1. The Kier molecular flexibility index (Phi) is 4.95. The zero-order valence-electron chi connectivity index (χ0n) is 15.7. The van der Waals surface area contributed by atoms with E-state index in [0.29, 0.717) is 16.4 Å². The van der Waals surface area contributed by atoms with Gasteiger partial charge in [-0.1, -0.05) is 17.7 Å². The minimum absolute atomic E-state index is 0.0480. The highest BCUT2D eigenvalue weighted by molar-refractivity contribution is 8.00. The fourth-order valence-electron chi connectivity index (χ4n) is 2.99. The van der Waals surface area contributed by atoms with Gasteiger partial charge in [0, 0.05) is 21.4 Å². The second-order valence-corrected chi connectivity index (χ2v) is 9.01. The molecule has 4 rings (SSSR count). The second-order valence-electron chi connectivity index (χ2n) is 6.77. The van der Waals surface area contributed by atoms with Crippen LogP contribution in [0.15, 0.2) is 46.7 Å². The number of hydrogen-bond acceptors (Lipinski definition) is 5. The van der Waals surface area contributed by atoms with Gasteiger partial charge in [-0.05, 0) is 50.6 Å². The van der Waals surface area contributed by atoms with Crippen molar-refractivity contribution in [3.8, 4) is 11.3 Å². The van der Waals surface area contributed by atoms with E-state index in [1.807, 2.05) is 32.2 Å². The van der Waals surface area contributed by atoms with Crippen LogP contribution in [-0.4, -0.2) is 22.0 Å². The van der Waals surface area contributed by atoms with Gasteiger partial charge in [0.1, 0.15) is 0 Å². The van der Waals surface area contributed by atoms with E-state index in [1.165, 1.54) is 28.7 Å². The predicted octanol–water partition coefficient (Wildman–Crippen LogP) is 5.11. The maximum atomic E-state index is 12.6. The second kappa shape index (κ2) is 7.41. The summed E-state index contributed by atoms with van der Waals surface area (Å²) < 4.78 is 0. The smallest absolute Gasteiger partial charge is 0.257 e. The molecular formula is C21H19N3O2S2. The van der Waals surface area contributed by atoms with Crippen molar-refractivity contribution in [3.63, 3.8) is 0 Å². The first kappa shape index (κ1) is 18.7. The Balaban J connectivity index is 1.53. The molecule has 1 aliphatic heterocycles. The summed E-state index contributed by atoms with van der Waals surface area (Å²) in [4.78, 5) is 30.1. The summed E-state index contributed by atoms with van der Waals surface area (Å²) in [6.07, 6.45) is 0. The van der Waals surface area contributed by atoms with Crippen LogP contribution in [0.2, 0.25) is 0 Å². The highest BCUT2D eigenvalue weighted by Crippen LogP contribution is 2.36. The number of carbonyl (C=O) groups is 2. The Bertz CT molecular complexity index is 1090. The first-order chi connectivity index (χ1) is 13.4. The van der Waals surface area contributed by atoms with Crippen LogP contribution in [0.1, 0.15) is 28.4 Å². The lowest BCUT2D eigenvalue weighted by atomic mass is 10.0. The topological polar surface area (TPSA) is 71.1 Å². The van der Waals surface area contributed by atoms with E-state index >= 15 is 0 Å². The molecule has 0 aliphatic carbocycles. The van der Waals surface area contributed by atoms with E-state index < -0.39 is 0 Å². The van der Waals surface area contributed by atoms with Gasteiger partial charge in [0.2, 0.25) is 5.91 Å². The van der Waals surface area contributed by atoms with Crippen LogP contribution in [0.3, 0.4) is 0 Å². The number of thioether (sulfide) groups is 1. The number of nitrogens with zero attached hydrogens (tertiary/aromatic N) is 1. The van der Waals surface area contributed by atoms with Crippen molar-refractivity contribution in [1.82, 2.24) is 4.98 Å². The van der Waals surface area contributed by atoms with Gasteiger partial charge in [0.25, 0.3) is 5.91 Å². The quantitative estimate of drug-likeness (QED) is 0.630. The molecule has 0 spiro atoms. The molecule has 3 aromatic rings. The van der Waals surface area contributed by atoms with Crippen molar-refractivity contribution in [1.29, 1.82) is 0 Å². The van der Waals surface area contributed by atoms with Crippen molar-refractivity contribution < 1.29 is 9.59 Å². The van der Waals surface area contributed by atoms with E-state index in [0.717, 1.165) is 21.7 Å². The summed E-state index contributed by atoms with van der Waals surface area (Å²) in [6, 6.07) is 11.6. The van der Waals surface area contributed by atoms with Gasteiger partial charge in [-0.3, -0.25) is 14.9 Å². The molecule has 5 nitrogen and oxygen atoms in total. The number of rotatable bonds is 3. The molecule has 1 aromatic heterocycles. The lowest BCUT2D eigenvalue weighted by Gasteiger charge is -2.21. The summed E-state index contributed by atoms with van der Waals surface area (Å²) in [6.45, 7) is 5.96. The molecule has 1 unspecified atom stereocenters. The molecule has 2 aromatic carbocycles.